The van der Waals surface area contributed by atoms with Crippen molar-refractivity contribution >= 4 is 11.8 Å². The molecule has 6 heteroatoms. The number of primary amides is 1. The van der Waals surface area contributed by atoms with E-state index in [1.54, 1.807) is 4.90 Å². The largest absolute Gasteiger partial charge is 0.367 e. The van der Waals surface area contributed by atoms with Gasteiger partial charge in [-0.25, -0.2) is 0 Å². The summed E-state index contributed by atoms with van der Waals surface area (Å²) in [7, 11) is 0. The van der Waals surface area contributed by atoms with Gasteiger partial charge in [0, 0.05) is 6.54 Å². The fourth-order valence-electron chi connectivity index (χ4n) is 1.59. The van der Waals surface area contributed by atoms with Gasteiger partial charge in [0.2, 0.25) is 11.8 Å². The minimum absolute atomic E-state index is 0.160. The zero-order valence-corrected chi connectivity index (χ0v) is 10.6. The molecule has 1 fully saturated rings. The monoisotopic (exact) mass is 243 g/mol. The molecule has 98 valence electrons. The highest BCUT2D eigenvalue weighted by atomic mass is 16.5. The summed E-state index contributed by atoms with van der Waals surface area (Å²) in [4.78, 5) is 24.7. The Kier molecular flexibility index (Phi) is 4.11. The summed E-state index contributed by atoms with van der Waals surface area (Å²) < 4.78 is 5.18. The maximum absolute atomic E-state index is 12.1. The molecule has 2 amide bonds. The maximum Gasteiger partial charge on any atom is 0.248 e. The SMILES string of the molecule is CC(C)(C)[C@H](N)C(=O)N1CCO[C@H](C(N)=O)C1. The van der Waals surface area contributed by atoms with Crippen molar-refractivity contribution in [1.29, 1.82) is 0 Å². The third-order valence-corrected chi connectivity index (χ3v) is 2.89. The topological polar surface area (TPSA) is 98.7 Å². The zero-order valence-electron chi connectivity index (χ0n) is 10.6. The molecule has 17 heavy (non-hydrogen) atoms. The Morgan fingerprint density at radius 3 is 2.47 bits per heavy atom. The molecule has 0 aromatic heterocycles. The minimum Gasteiger partial charge on any atom is -0.367 e. The lowest BCUT2D eigenvalue weighted by molar-refractivity contribution is -0.147. The van der Waals surface area contributed by atoms with E-state index in [0.29, 0.717) is 13.2 Å². The molecular weight excluding hydrogens is 222 g/mol. The normalized spacial score (nSPS) is 23.3. The first-order chi connectivity index (χ1) is 7.73. The number of rotatable bonds is 2. The van der Waals surface area contributed by atoms with Crippen LogP contribution in [-0.2, 0) is 14.3 Å². The molecule has 0 unspecified atom stereocenters. The second kappa shape index (κ2) is 5.01. The molecule has 0 radical (unpaired) electrons. The smallest absolute Gasteiger partial charge is 0.248 e. The molecular formula is C11H21N3O3. The predicted octanol–water partition coefficient (Wildman–Crippen LogP) is -0.927. The minimum atomic E-state index is -0.722. The number of carbonyl (C=O) groups excluding carboxylic acids is 2. The van der Waals surface area contributed by atoms with Gasteiger partial charge in [0.1, 0.15) is 0 Å². The molecule has 2 atom stereocenters. The molecule has 6 nitrogen and oxygen atoms in total. The summed E-state index contributed by atoms with van der Waals surface area (Å²) in [6.07, 6.45) is -0.722. The third-order valence-electron chi connectivity index (χ3n) is 2.89. The van der Waals surface area contributed by atoms with Gasteiger partial charge in [-0.2, -0.15) is 0 Å². The van der Waals surface area contributed by atoms with Crippen LogP contribution in [0.2, 0.25) is 0 Å². The van der Waals surface area contributed by atoms with Crippen LogP contribution in [0.5, 0.6) is 0 Å². The van der Waals surface area contributed by atoms with Crippen molar-refractivity contribution in [1.82, 2.24) is 4.90 Å². The van der Waals surface area contributed by atoms with Crippen LogP contribution in [-0.4, -0.2) is 48.6 Å². The van der Waals surface area contributed by atoms with E-state index in [1.807, 2.05) is 20.8 Å². The van der Waals surface area contributed by atoms with Gasteiger partial charge in [-0.15, -0.1) is 0 Å². The van der Waals surface area contributed by atoms with Gasteiger partial charge in [-0.1, -0.05) is 20.8 Å². The summed E-state index contributed by atoms with van der Waals surface area (Å²) >= 11 is 0. The number of nitrogens with two attached hydrogens (primary N) is 2. The van der Waals surface area contributed by atoms with Gasteiger partial charge >= 0.3 is 0 Å². The number of amides is 2. The van der Waals surface area contributed by atoms with Crippen molar-refractivity contribution in [2.75, 3.05) is 19.7 Å². The van der Waals surface area contributed by atoms with E-state index >= 15 is 0 Å². The molecule has 1 heterocycles. The van der Waals surface area contributed by atoms with Crippen LogP contribution in [0.25, 0.3) is 0 Å². The fourth-order valence-corrected chi connectivity index (χ4v) is 1.59. The van der Waals surface area contributed by atoms with Crippen LogP contribution in [0.1, 0.15) is 20.8 Å². The van der Waals surface area contributed by atoms with Crippen LogP contribution >= 0.6 is 0 Å². The van der Waals surface area contributed by atoms with E-state index in [1.165, 1.54) is 0 Å². The second-order valence-corrected chi connectivity index (χ2v) is 5.39. The van der Waals surface area contributed by atoms with Crippen LogP contribution in [0, 0.1) is 5.41 Å². The van der Waals surface area contributed by atoms with Crippen LogP contribution in [0.4, 0.5) is 0 Å². The molecule has 1 saturated heterocycles. The number of morpholine rings is 1. The van der Waals surface area contributed by atoms with Gasteiger partial charge in [0.05, 0.1) is 19.2 Å². The molecule has 0 aromatic carbocycles. The number of carbonyl (C=O) groups is 2. The number of ether oxygens (including phenoxy) is 1. The average molecular weight is 243 g/mol. The Balaban J connectivity index is 2.67. The van der Waals surface area contributed by atoms with E-state index in [-0.39, 0.29) is 17.9 Å². The van der Waals surface area contributed by atoms with Crippen LogP contribution in [0.3, 0.4) is 0 Å². The third kappa shape index (κ3) is 3.41. The zero-order chi connectivity index (χ0) is 13.2. The summed E-state index contributed by atoms with van der Waals surface area (Å²) in [5.74, 6) is -0.709. The van der Waals surface area contributed by atoms with E-state index in [9.17, 15) is 9.59 Å². The highest BCUT2D eigenvalue weighted by Gasteiger charge is 2.34. The summed E-state index contributed by atoms with van der Waals surface area (Å²) in [6.45, 7) is 6.67. The van der Waals surface area contributed by atoms with Crippen molar-refractivity contribution in [2.24, 2.45) is 16.9 Å². The van der Waals surface area contributed by atoms with Gasteiger partial charge in [0.25, 0.3) is 0 Å². The number of nitrogens with zero attached hydrogens (tertiary/aromatic N) is 1. The molecule has 1 aliphatic heterocycles. The molecule has 0 bridgehead atoms. The van der Waals surface area contributed by atoms with Gasteiger partial charge in [0.15, 0.2) is 6.10 Å². The molecule has 0 spiro atoms. The van der Waals surface area contributed by atoms with E-state index in [0.717, 1.165) is 0 Å². The number of hydrogen-bond donors (Lipinski definition) is 2. The molecule has 4 N–H and O–H groups in total. The highest BCUT2D eigenvalue weighted by molar-refractivity contribution is 5.84. The van der Waals surface area contributed by atoms with Gasteiger partial charge in [-0.05, 0) is 5.41 Å². The maximum atomic E-state index is 12.1. The Morgan fingerprint density at radius 1 is 1.41 bits per heavy atom. The second-order valence-electron chi connectivity index (χ2n) is 5.39. The Morgan fingerprint density at radius 2 is 2.00 bits per heavy atom. The summed E-state index contributed by atoms with van der Waals surface area (Å²) in [5, 5.41) is 0. The van der Waals surface area contributed by atoms with E-state index in [2.05, 4.69) is 0 Å². The predicted molar refractivity (Wildman–Crippen MR) is 62.9 cm³/mol. The lowest BCUT2D eigenvalue weighted by atomic mass is 9.86. The van der Waals surface area contributed by atoms with E-state index < -0.39 is 18.1 Å². The van der Waals surface area contributed by atoms with Crippen molar-refractivity contribution in [3.8, 4) is 0 Å². The first-order valence-corrected chi connectivity index (χ1v) is 5.68. The number of hydrogen-bond acceptors (Lipinski definition) is 4. The molecule has 1 aliphatic rings. The first kappa shape index (κ1) is 13.9. The van der Waals surface area contributed by atoms with Gasteiger partial charge < -0.3 is 21.1 Å². The lowest BCUT2D eigenvalue weighted by Crippen LogP contribution is -2.57. The van der Waals surface area contributed by atoms with Crippen LogP contribution in [0.15, 0.2) is 0 Å². The van der Waals surface area contributed by atoms with Crippen molar-refractivity contribution in [3.63, 3.8) is 0 Å². The Bertz CT molecular complexity index is 312. The van der Waals surface area contributed by atoms with Crippen molar-refractivity contribution < 1.29 is 14.3 Å². The average Bonchev–Trinajstić information content (AvgIpc) is 2.26. The Labute approximate surface area is 101 Å². The quantitative estimate of drug-likeness (QED) is 0.654. The molecule has 0 aromatic rings. The fraction of sp³-hybridized carbons (Fsp3) is 0.818. The van der Waals surface area contributed by atoms with Crippen LogP contribution < -0.4 is 11.5 Å². The molecule has 1 rings (SSSR count). The molecule has 0 saturated carbocycles. The Hall–Kier alpha value is -1.14. The van der Waals surface area contributed by atoms with E-state index in [4.69, 9.17) is 16.2 Å². The summed E-state index contributed by atoms with van der Waals surface area (Å²) in [5.41, 5.74) is 10.7. The first-order valence-electron chi connectivity index (χ1n) is 5.68. The lowest BCUT2D eigenvalue weighted by Gasteiger charge is -2.36. The van der Waals surface area contributed by atoms with Gasteiger partial charge in [-0.3, -0.25) is 9.59 Å². The van der Waals surface area contributed by atoms with Crippen molar-refractivity contribution in [3.05, 3.63) is 0 Å². The van der Waals surface area contributed by atoms with Crippen molar-refractivity contribution in [2.45, 2.75) is 32.9 Å². The summed E-state index contributed by atoms with van der Waals surface area (Å²) in [6, 6.07) is -0.589. The molecule has 0 aliphatic carbocycles. The highest BCUT2D eigenvalue weighted by Crippen LogP contribution is 2.20. The standard InChI is InChI=1S/C11H21N3O3/c1-11(2,3)8(12)10(16)14-4-5-17-7(6-14)9(13)15/h7-8H,4-6,12H2,1-3H3,(H2,13,15)/t7-,8+/m0/s1.